The van der Waals surface area contributed by atoms with Crippen molar-refractivity contribution in [1.29, 1.82) is 0 Å². The Kier molecular flexibility index (Phi) is 4.64. The van der Waals surface area contributed by atoms with E-state index in [1.165, 1.54) is 5.56 Å². The van der Waals surface area contributed by atoms with Crippen molar-refractivity contribution in [2.45, 2.75) is 20.4 Å². The fraction of sp³-hybridized carbons (Fsp3) is 0.316. The second-order valence-electron chi connectivity index (χ2n) is 6.86. The molecule has 9 heteroatoms. The maximum atomic E-state index is 11.9. The number of carbonyl (C=O) groups is 1. The maximum absolute atomic E-state index is 11.9. The first-order valence-corrected chi connectivity index (χ1v) is 9.12. The molecule has 3 heterocycles. The Labute approximate surface area is 162 Å². The number of nitrogens with one attached hydrogen (secondary N) is 2. The molecule has 1 fully saturated rings. The molecular formula is C19H22N8O. The number of pyridine rings is 1. The molecular weight excluding hydrogens is 356 g/mol. The summed E-state index contributed by atoms with van der Waals surface area (Å²) in [4.78, 5) is 31.1. The van der Waals surface area contributed by atoms with Crippen molar-refractivity contribution in [2.24, 2.45) is 0 Å². The van der Waals surface area contributed by atoms with Crippen LogP contribution in [0.25, 0.3) is 10.9 Å². The van der Waals surface area contributed by atoms with Crippen LogP contribution in [0.15, 0.2) is 24.3 Å². The van der Waals surface area contributed by atoms with Gasteiger partial charge in [-0.05, 0) is 32.0 Å². The first-order valence-electron chi connectivity index (χ1n) is 9.12. The summed E-state index contributed by atoms with van der Waals surface area (Å²) in [7, 11) is 0. The van der Waals surface area contributed by atoms with E-state index < -0.39 is 0 Å². The Morgan fingerprint density at radius 1 is 1.18 bits per heavy atom. The number of piperazine rings is 1. The summed E-state index contributed by atoms with van der Waals surface area (Å²) in [6.07, 6.45) is 0. The number of aryl methyl sites for hydroxylation is 2. The number of nitrogen functional groups attached to an aromatic ring is 1. The van der Waals surface area contributed by atoms with E-state index in [1.54, 1.807) is 6.92 Å². The van der Waals surface area contributed by atoms with Gasteiger partial charge in [0, 0.05) is 30.6 Å². The molecule has 3 aromatic rings. The van der Waals surface area contributed by atoms with E-state index >= 15 is 0 Å². The summed E-state index contributed by atoms with van der Waals surface area (Å²) in [5, 5.41) is 7.10. The fourth-order valence-electron chi connectivity index (χ4n) is 3.31. The Morgan fingerprint density at radius 2 is 2.04 bits per heavy atom. The van der Waals surface area contributed by atoms with Crippen molar-refractivity contribution in [1.82, 2.24) is 25.3 Å². The summed E-state index contributed by atoms with van der Waals surface area (Å²) in [6.45, 7) is 5.86. The van der Waals surface area contributed by atoms with Gasteiger partial charge in [-0.15, -0.1) is 0 Å². The molecule has 144 valence electrons. The number of anilines is 3. The molecule has 1 saturated heterocycles. The van der Waals surface area contributed by atoms with E-state index in [2.05, 4.69) is 44.6 Å². The Morgan fingerprint density at radius 3 is 2.82 bits per heavy atom. The molecule has 0 spiro atoms. The van der Waals surface area contributed by atoms with E-state index in [1.807, 2.05) is 17.0 Å². The molecule has 1 aromatic carbocycles. The third kappa shape index (κ3) is 3.78. The Bertz CT molecular complexity index is 1030. The van der Waals surface area contributed by atoms with Crippen LogP contribution < -0.4 is 21.3 Å². The van der Waals surface area contributed by atoms with Gasteiger partial charge in [0.25, 0.3) is 0 Å². The van der Waals surface area contributed by atoms with Crippen molar-refractivity contribution in [3.63, 3.8) is 0 Å². The van der Waals surface area contributed by atoms with E-state index in [0.29, 0.717) is 31.4 Å². The minimum absolute atomic E-state index is 0.00294. The number of fused-ring (bicyclic) bond motifs is 1. The summed E-state index contributed by atoms with van der Waals surface area (Å²) in [5.74, 6) is 1.93. The lowest BCUT2D eigenvalue weighted by Crippen LogP contribution is -2.48. The second-order valence-corrected chi connectivity index (χ2v) is 6.86. The highest BCUT2D eigenvalue weighted by atomic mass is 16.2. The van der Waals surface area contributed by atoms with Crippen LogP contribution in [0, 0.1) is 13.8 Å². The van der Waals surface area contributed by atoms with Gasteiger partial charge in [-0.1, -0.05) is 11.6 Å². The van der Waals surface area contributed by atoms with Crippen LogP contribution in [0.5, 0.6) is 0 Å². The maximum Gasteiger partial charge on any atom is 0.239 e. The summed E-state index contributed by atoms with van der Waals surface area (Å²) >= 11 is 0. The highest BCUT2D eigenvalue weighted by molar-refractivity contribution is 5.86. The van der Waals surface area contributed by atoms with Crippen molar-refractivity contribution in [2.75, 3.05) is 35.6 Å². The molecule has 0 unspecified atom stereocenters. The van der Waals surface area contributed by atoms with Gasteiger partial charge >= 0.3 is 0 Å². The second kappa shape index (κ2) is 7.26. The molecule has 0 bridgehead atoms. The predicted octanol–water partition coefficient (Wildman–Crippen LogP) is 1.17. The Balaban J connectivity index is 1.71. The zero-order valence-corrected chi connectivity index (χ0v) is 15.9. The van der Waals surface area contributed by atoms with Gasteiger partial charge in [0.05, 0.1) is 12.1 Å². The van der Waals surface area contributed by atoms with Gasteiger partial charge in [-0.25, -0.2) is 4.98 Å². The van der Waals surface area contributed by atoms with E-state index in [4.69, 9.17) is 10.7 Å². The first kappa shape index (κ1) is 17.9. The van der Waals surface area contributed by atoms with Gasteiger partial charge < -0.3 is 21.3 Å². The third-order valence-corrected chi connectivity index (χ3v) is 4.57. The summed E-state index contributed by atoms with van der Waals surface area (Å²) in [6, 6.07) is 8.24. The number of rotatable bonds is 4. The molecule has 1 amide bonds. The standard InChI is InChI=1S/C19H22N8O/c1-11-3-4-15-13(7-11)8-14(9-22-19-24-12(2)23-18(20)26-19)17(25-15)27-6-5-21-16(28)10-27/h3-4,7-8H,5-6,9-10H2,1-2H3,(H,21,28)(H3,20,22,23,24,26). The van der Waals surface area contributed by atoms with Crippen LogP contribution in [-0.2, 0) is 11.3 Å². The van der Waals surface area contributed by atoms with E-state index in [-0.39, 0.29) is 18.4 Å². The van der Waals surface area contributed by atoms with Crippen LogP contribution in [-0.4, -0.2) is 45.5 Å². The van der Waals surface area contributed by atoms with Crippen LogP contribution >= 0.6 is 0 Å². The minimum Gasteiger partial charge on any atom is -0.368 e. The quantitative estimate of drug-likeness (QED) is 0.618. The molecule has 4 rings (SSSR count). The van der Waals surface area contributed by atoms with Crippen LogP contribution in [0.4, 0.5) is 17.7 Å². The zero-order valence-electron chi connectivity index (χ0n) is 15.9. The number of amides is 1. The number of hydrogen-bond donors (Lipinski definition) is 3. The number of carbonyl (C=O) groups excluding carboxylic acids is 1. The number of nitrogens with two attached hydrogens (primary N) is 1. The van der Waals surface area contributed by atoms with Gasteiger partial charge in [-0.3, -0.25) is 4.79 Å². The van der Waals surface area contributed by atoms with E-state index in [0.717, 1.165) is 22.3 Å². The van der Waals surface area contributed by atoms with Gasteiger partial charge in [0.1, 0.15) is 11.6 Å². The monoisotopic (exact) mass is 378 g/mol. The predicted molar refractivity (Wildman–Crippen MR) is 108 cm³/mol. The molecule has 1 aliphatic rings. The first-order chi connectivity index (χ1) is 13.5. The molecule has 28 heavy (non-hydrogen) atoms. The lowest BCUT2D eigenvalue weighted by atomic mass is 10.1. The SMILES string of the molecule is Cc1ccc2nc(N3CCNC(=O)C3)c(CNc3nc(C)nc(N)n3)cc2c1. The van der Waals surface area contributed by atoms with Gasteiger partial charge in [0.2, 0.25) is 17.8 Å². The number of benzene rings is 1. The molecule has 0 aliphatic carbocycles. The highest BCUT2D eigenvalue weighted by Crippen LogP contribution is 2.25. The summed E-state index contributed by atoms with van der Waals surface area (Å²) < 4.78 is 0. The third-order valence-electron chi connectivity index (χ3n) is 4.57. The topological polar surface area (TPSA) is 122 Å². The average Bonchev–Trinajstić information content (AvgIpc) is 2.65. The van der Waals surface area contributed by atoms with Crippen LogP contribution in [0.2, 0.25) is 0 Å². The molecule has 1 aliphatic heterocycles. The fourth-order valence-corrected chi connectivity index (χ4v) is 3.31. The largest absolute Gasteiger partial charge is 0.368 e. The number of aromatic nitrogens is 4. The lowest BCUT2D eigenvalue weighted by molar-refractivity contribution is -0.120. The lowest BCUT2D eigenvalue weighted by Gasteiger charge is -2.29. The van der Waals surface area contributed by atoms with Crippen molar-refractivity contribution in [3.05, 3.63) is 41.2 Å². The van der Waals surface area contributed by atoms with Crippen LogP contribution in [0.1, 0.15) is 17.0 Å². The van der Waals surface area contributed by atoms with Gasteiger partial charge in [-0.2, -0.15) is 15.0 Å². The molecule has 9 nitrogen and oxygen atoms in total. The van der Waals surface area contributed by atoms with Gasteiger partial charge in [0.15, 0.2) is 0 Å². The summed E-state index contributed by atoms with van der Waals surface area (Å²) in [5.41, 5.74) is 8.74. The Hall–Kier alpha value is -3.49. The number of hydrogen-bond acceptors (Lipinski definition) is 8. The number of nitrogens with zero attached hydrogens (tertiary/aromatic N) is 5. The molecule has 0 radical (unpaired) electrons. The van der Waals surface area contributed by atoms with Crippen molar-refractivity contribution in [3.8, 4) is 0 Å². The normalized spacial score (nSPS) is 14.2. The smallest absolute Gasteiger partial charge is 0.239 e. The molecule has 2 aromatic heterocycles. The molecule has 0 saturated carbocycles. The average molecular weight is 378 g/mol. The molecule has 0 atom stereocenters. The zero-order chi connectivity index (χ0) is 19.7. The minimum atomic E-state index is -0.00294. The highest BCUT2D eigenvalue weighted by Gasteiger charge is 2.21. The molecule has 4 N–H and O–H groups in total. The van der Waals surface area contributed by atoms with Crippen molar-refractivity contribution >= 4 is 34.5 Å². The van der Waals surface area contributed by atoms with Crippen LogP contribution in [0.3, 0.4) is 0 Å². The van der Waals surface area contributed by atoms with E-state index in [9.17, 15) is 4.79 Å². The van der Waals surface area contributed by atoms with Crippen molar-refractivity contribution < 1.29 is 4.79 Å².